The number of likely N-dealkylation sites (tertiary alicyclic amines) is 1. The SMILES string of the molecule is CCC=CCCN1CC(O)CC1C(=O)OC. The van der Waals surface area contributed by atoms with E-state index < -0.39 is 6.10 Å². The number of nitrogens with zero attached hydrogens (tertiary/aromatic N) is 1. The molecule has 0 radical (unpaired) electrons. The van der Waals surface area contributed by atoms with Crippen LogP contribution in [0.15, 0.2) is 12.2 Å². The van der Waals surface area contributed by atoms with Gasteiger partial charge in [0.1, 0.15) is 6.04 Å². The molecule has 1 aliphatic rings. The minimum Gasteiger partial charge on any atom is -0.468 e. The van der Waals surface area contributed by atoms with E-state index in [4.69, 9.17) is 4.74 Å². The van der Waals surface area contributed by atoms with Gasteiger partial charge in [0, 0.05) is 19.5 Å². The van der Waals surface area contributed by atoms with Gasteiger partial charge < -0.3 is 9.84 Å². The number of allylic oxidation sites excluding steroid dienone is 1. The Hall–Kier alpha value is -0.870. The van der Waals surface area contributed by atoms with E-state index in [9.17, 15) is 9.90 Å². The zero-order valence-corrected chi connectivity index (χ0v) is 10.1. The minimum atomic E-state index is -0.403. The van der Waals surface area contributed by atoms with Gasteiger partial charge in [-0.3, -0.25) is 9.69 Å². The predicted octanol–water partition coefficient (Wildman–Crippen LogP) is 0.951. The van der Waals surface area contributed by atoms with Crippen LogP contribution in [0.5, 0.6) is 0 Å². The van der Waals surface area contributed by atoms with Crippen LogP contribution in [0.4, 0.5) is 0 Å². The lowest BCUT2D eigenvalue weighted by Crippen LogP contribution is -2.37. The molecule has 4 nitrogen and oxygen atoms in total. The number of esters is 1. The van der Waals surface area contributed by atoms with Gasteiger partial charge >= 0.3 is 5.97 Å². The number of aliphatic hydroxyl groups is 1. The fourth-order valence-electron chi connectivity index (χ4n) is 2.03. The molecule has 0 bridgehead atoms. The third-order valence-corrected chi connectivity index (χ3v) is 2.84. The molecule has 0 saturated carbocycles. The Balaban J connectivity index is 2.43. The van der Waals surface area contributed by atoms with Gasteiger partial charge in [-0.2, -0.15) is 0 Å². The van der Waals surface area contributed by atoms with Crippen molar-refractivity contribution in [2.75, 3.05) is 20.2 Å². The number of rotatable bonds is 5. The van der Waals surface area contributed by atoms with E-state index in [0.717, 1.165) is 19.4 Å². The number of ether oxygens (including phenoxy) is 1. The Kier molecular flexibility index (Phi) is 5.49. The zero-order valence-electron chi connectivity index (χ0n) is 10.1. The van der Waals surface area contributed by atoms with E-state index in [1.807, 2.05) is 4.90 Å². The lowest BCUT2D eigenvalue weighted by Gasteiger charge is -2.20. The molecule has 2 atom stereocenters. The first-order chi connectivity index (χ1) is 7.69. The summed E-state index contributed by atoms with van der Waals surface area (Å²) in [6, 6.07) is -0.268. The number of hydrogen-bond acceptors (Lipinski definition) is 4. The second-order valence-corrected chi connectivity index (χ2v) is 4.09. The monoisotopic (exact) mass is 227 g/mol. The van der Waals surface area contributed by atoms with E-state index in [1.54, 1.807) is 0 Å². The highest BCUT2D eigenvalue weighted by Gasteiger charge is 2.35. The molecular formula is C12H21NO3. The number of carbonyl (C=O) groups excluding carboxylic acids is 1. The first kappa shape index (κ1) is 13.2. The van der Waals surface area contributed by atoms with Crippen LogP contribution in [-0.4, -0.2) is 48.3 Å². The van der Waals surface area contributed by atoms with Gasteiger partial charge in [0.25, 0.3) is 0 Å². The molecular weight excluding hydrogens is 206 g/mol. The van der Waals surface area contributed by atoms with Crippen LogP contribution in [0.1, 0.15) is 26.2 Å². The average Bonchev–Trinajstić information content (AvgIpc) is 2.65. The van der Waals surface area contributed by atoms with E-state index in [2.05, 4.69) is 19.1 Å². The number of carbonyl (C=O) groups is 1. The Bertz CT molecular complexity index is 253. The maximum Gasteiger partial charge on any atom is 0.323 e. The Morgan fingerprint density at radius 1 is 1.56 bits per heavy atom. The first-order valence-corrected chi connectivity index (χ1v) is 5.84. The van der Waals surface area contributed by atoms with Gasteiger partial charge in [-0.1, -0.05) is 19.1 Å². The number of β-amino-alcohol motifs (C(OH)–C–C–N with tert-alkyl or cyclic N) is 1. The van der Waals surface area contributed by atoms with Crippen molar-refractivity contribution < 1.29 is 14.6 Å². The van der Waals surface area contributed by atoms with Gasteiger partial charge in [0.15, 0.2) is 0 Å². The summed E-state index contributed by atoms with van der Waals surface area (Å²) in [7, 11) is 1.39. The Morgan fingerprint density at radius 3 is 2.94 bits per heavy atom. The summed E-state index contributed by atoms with van der Waals surface area (Å²) in [6.07, 6.45) is 6.25. The summed E-state index contributed by atoms with van der Waals surface area (Å²) in [6.45, 7) is 3.46. The van der Waals surface area contributed by atoms with Crippen LogP contribution in [-0.2, 0) is 9.53 Å². The van der Waals surface area contributed by atoms with Crippen molar-refractivity contribution in [1.29, 1.82) is 0 Å². The molecule has 0 aromatic heterocycles. The van der Waals surface area contributed by atoms with Crippen LogP contribution < -0.4 is 0 Å². The molecule has 0 aromatic carbocycles. The van der Waals surface area contributed by atoms with Crippen molar-refractivity contribution in [2.45, 2.75) is 38.3 Å². The quantitative estimate of drug-likeness (QED) is 0.561. The van der Waals surface area contributed by atoms with Crippen molar-refractivity contribution in [2.24, 2.45) is 0 Å². The molecule has 1 fully saturated rings. The van der Waals surface area contributed by atoms with Crippen molar-refractivity contribution in [3.63, 3.8) is 0 Å². The molecule has 16 heavy (non-hydrogen) atoms. The lowest BCUT2D eigenvalue weighted by atomic mass is 10.2. The second kappa shape index (κ2) is 6.66. The standard InChI is InChI=1S/C12H21NO3/c1-3-4-5-6-7-13-9-10(14)8-11(13)12(15)16-2/h4-5,10-11,14H,3,6-9H2,1-2H3. The van der Waals surface area contributed by atoms with Crippen molar-refractivity contribution in [3.8, 4) is 0 Å². The lowest BCUT2D eigenvalue weighted by molar-refractivity contribution is -0.145. The van der Waals surface area contributed by atoms with Gasteiger partial charge in [-0.25, -0.2) is 0 Å². The highest BCUT2D eigenvalue weighted by Crippen LogP contribution is 2.19. The van der Waals surface area contributed by atoms with Crippen molar-refractivity contribution in [3.05, 3.63) is 12.2 Å². The van der Waals surface area contributed by atoms with Crippen LogP contribution in [0.25, 0.3) is 0 Å². The van der Waals surface area contributed by atoms with E-state index >= 15 is 0 Å². The average molecular weight is 227 g/mol. The van der Waals surface area contributed by atoms with Crippen LogP contribution in [0.3, 0.4) is 0 Å². The van der Waals surface area contributed by atoms with E-state index in [1.165, 1.54) is 7.11 Å². The fraction of sp³-hybridized carbons (Fsp3) is 0.750. The molecule has 0 aliphatic carbocycles. The number of hydrogen-bond donors (Lipinski definition) is 1. The van der Waals surface area contributed by atoms with E-state index in [-0.39, 0.29) is 12.0 Å². The maximum atomic E-state index is 11.5. The summed E-state index contributed by atoms with van der Waals surface area (Å²) in [4.78, 5) is 13.5. The van der Waals surface area contributed by atoms with Crippen LogP contribution in [0.2, 0.25) is 0 Å². The summed E-state index contributed by atoms with van der Waals surface area (Å²) in [5.74, 6) is -0.240. The molecule has 1 saturated heterocycles. The summed E-state index contributed by atoms with van der Waals surface area (Å²) in [5.41, 5.74) is 0. The van der Waals surface area contributed by atoms with E-state index in [0.29, 0.717) is 13.0 Å². The van der Waals surface area contributed by atoms with Gasteiger partial charge in [-0.05, 0) is 12.8 Å². The van der Waals surface area contributed by atoms with Crippen molar-refractivity contribution >= 4 is 5.97 Å². The molecule has 1 heterocycles. The third-order valence-electron chi connectivity index (χ3n) is 2.84. The summed E-state index contributed by atoms with van der Waals surface area (Å²) >= 11 is 0. The third kappa shape index (κ3) is 3.61. The Labute approximate surface area is 96.9 Å². The molecule has 1 aliphatic heterocycles. The predicted molar refractivity (Wildman–Crippen MR) is 62.0 cm³/mol. The molecule has 4 heteroatoms. The first-order valence-electron chi connectivity index (χ1n) is 5.84. The molecule has 0 aromatic rings. The number of aliphatic hydroxyl groups excluding tert-OH is 1. The van der Waals surface area contributed by atoms with Crippen LogP contribution >= 0.6 is 0 Å². The maximum absolute atomic E-state index is 11.5. The Morgan fingerprint density at radius 2 is 2.31 bits per heavy atom. The highest BCUT2D eigenvalue weighted by atomic mass is 16.5. The largest absolute Gasteiger partial charge is 0.468 e. The topological polar surface area (TPSA) is 49.8 Å². The van der Waals surface area contributed by atoms with Gasteiger partial charge in [0.05, 0.1) is 13.2 Å². The fourth-order valence-corrected chi connectivity index (χ4v) is 2.03. The second-order valence-electron chi connectivity index (χ2n) is 4.09. The zero-order chi connectivity index (χ0) is 12.0. The normalized spacial score (nSPS) is 26.4. The molecule has 1 rings (SSSR count). The highest BCUT2D eigenvalue weighted by molar-refractivity contribution is 5.76. The molecule has 0 amide bonds. The smallest absolute Gasteiger partial charge is 0.323 e. The molecule has 1 N–H and O–H groups in total. The molecule has 0 spiro atoms. The summed E-state index contributed by atoms with van der Waals surface area (Å²) in [5, 5.41) is 9.55. The van der Waals surface area contributed by atoms with Crippen LogP contribution in [0, 0.1) is 0 Å². The van der Waals surface area contributed by atoms with Gasteiger partial charge in [0.2, 0.25) is 0 Å². The minimum absolute atomic E-state index is 0.240. The number of methoxy groups -OCH3 is 1. The van der Waals surface area contributed by atoms with Crippen molar-refractivity contribution in [1.82, 2.24) is 4.90 Å². The van der Waals surface area contributed by atoms with Gasteiger partial charge in [-0.15, -0.1) is 0 Å². The molecule has 2 unspecified atom stereocenters. The molecule has 92 valence electrons. The summed E-state index contributed by atoms with van der Waals surface area (Å²) < 4.78 is 4.73.